The standard InChI is InChI=1S/C18H19N3O3S/c1-25(23,24)21(17-9-7-16(14-19)8-10-17)12-11-20-18(22)13-15-5-3-2-4-6-15/h2-10H,11-13H2,1H3,(H,20,22). The maximum Gasteiger partial charge on any atom is 0.232 e. The second-order valence-corrected chi connectivity index (χ2v) is 7.41. The number of rotatable bonds is 7. The molecular weight excluding hydrogens is 338 g/mol. The van der Waals surface area contributed by atoms with Crippen LogP contribution in [0.15, 0.2) is 54.6 Å². The van der Waals surface area contributed by atoms with E-state index in [9.17, 15) is 13.2 Å². The number of hydrogen-bond donors (Lipinski definition) is 1. The Morgan fingerprint density at radius 3 is 2.32 bits per heavy atom. The Morgan fingerprint density at radius 2 is 1.76 bits per heavy atom. The smallest absolute Gasteiger partial charge is 0.232 e. The highest BCUT2D eigenvalue weighted by Crippen LogP contribution is 2.17. The molecule has 0 aliphatic heterocycles. The van der Waals surface area contributed by atoms with E-state index in [1.165, 1.54) is 4.31 Å². The monoisotopic (exact) mass is 357 g/mol. The van der Waals surface area contributed by atoms with Crippen molar-refractivity contribution in [3.63, 3.8) is 0 Å². The van der Waals surface area contributed by atoms with E-state index in [0.717, 1.165) is 11.8 Å². The summed E-state index contributed by atoms with van der Waals surface area (Å²) in [6.45, 7) is 0.310. The van der Waals surface area contributed by atoms with Gasteiger partial charge in [-0.3, -0.25) is 9.10 Å². The fourth-order valence-corrected chi connectivity index (χ4v) is 3.26. The number of benzene rings is 2. The second-order valence-electron chi connectivity index (χ2n) is 5.51. The van der Waals surface area contributed by atoms with Crippen LogP contribution in [-0.4, -0.2) is 33.7 Å². The predicted molar refractivity (Wildman–Crippen MR) is 96.5 cm³/mol. The first-order valence-electron chi connectivity index (χ1n) is 7.68. The number of nitriles is 1. The molecule has 0 radical (unpaired) electrons. The minimum atomic E-state index is -3.50. The quantitative estimate of drug-likeness (QED) is 0.816. The third-order valence-electron chi connectivity index (χ3n) is 3.53. The molecule has 7 heteroatoms. The van der Waals surface area contributed by atoms with Gasteiger partial charge in [0.2, 0.25) is 15.9 Å². The van der Waals surface area contributed by atoms with Crippen molar-refractivity contribution in [2.24, 2.45) is 0 Å². The molecule has 0 aromatic heterocycles. The van der Waals surface area contributed by atoms with Crippen molar-refractivity contribution < 1.29 is 13.2 Å². The lowest BCUT2D eigenvalue weighted by Crippen LogP contribution is -2.38. The fourth-order valence-electron chi connectivity index (χ4n) is 2.33. The van der Waals surface area contributed by atoms with E-state index >= 15 is 0 Å². The minimum Gasteiger partial charge on any atom is -0.354 e. The Balaban J connectivity index is 1.96. The van der Waals surface area contributed by atoms with Gasteiger partial charge in [-0.15, -0.1) is 0 Å². The Morgan fingerprint density at radius 1 is 1.12 bits per heavy atom. The van der Waals surface area contributed by atoms with Crippen molar-refractivity contribution in [2.45, 2.75) is 6.42 Å². The molecule has 0 unspecified atom stereocenters. The molecule has 0 aliphatic rings. The summed E-state index contributed by atoms with van der Waals surface area (Å²) in [6, 6.07) is 17.6. The average Bonchev–Trinajstić information content (AvgIpc) is 2.59. The maximum absolute atomic E-state index is 12.0. The van der Waals surface area contributed by atoms with Crippen molar-refractivity contribution in [2.75, 3.05) is 23.7 Å². The van der Waals surface area contributed by atoms with Crippen molar-refractivity contribution in [3.05, 3.63) is 65.7 Å². The lowest BCUT2D eigenvalue weighted by atomic mass is 10.1. The van der Waals surface area contributed by atoms with Crippen LogP contribution < -0.4 is 9.62 Å². The fraction of sp³-hybridized carbons (Fsp3) is 0.222. The van der Waals surface area contributed by atoms with Crippen molar-refractivity contribution in [1.29, 1.82) is 5.26 Å². The van der Waals surface area contributed by atoms with E-state index in [-0.39, 0.29) is 25.4 Å². The minimum absolute atomic E-state index is 0.116. The zero-order chi connectivity index (χ0) is 18.3. The molecule has 1 amide bonds. The topological polar surface area (TPSA) is 90.3 Å². The predicted octanol–water partition coefficient (Wildman–Crippen LogP) is 1.68. The summed E-state index contributed by atoms with van der Waals surface area (Å²) in [5, 5.41) is 11.5. The van der Waals surface area contributed by atoms with Gasteiger partial charge < -0.3 is 5.32 Å². The van der Waals surface area contributed by atoms with Crippen molar-refractivity contribution >= 4 is 21.6 Å². The van der Waals surface area contributed by atoms with Gasteiger partial charge in [0.05, 0.1) is 36.5 Å². The molecule has 0 spiro atoms. The van der Waals surface area contributed by atoms with Gasteiger partial charge in [-0.1, -0.05) is 30.3 Å². The summed E-state index contributed by atoms with van der Waals surface area (Å²) in [5.41, 5.74) is 1.80. The lowest BCUT2D eigenvalue weighted by molar-refractivity contribution is -0.120. The van der Waals surface area contributed by atoms with Crippen LogP contribution in [0.2, 0.25) is 0 Å². The van der Waals surface area contributed by atoms with Gasteiger partial charge in [0.25, 0.3) is 0 Å². The molecule has 0 saturated heterocycles. The average molecular weight is 357 g/mol. The Kier molecular flexibility index (Phi) is 6.14. The number of carbonyl (C=O) groups is 1. The third-order valence-corrected chi connectivity index (χ3v) is 4.72. The number of sulfonamides is 1. The molecule has 0 fully saturated rings. The molecular formula is C18H19N3O3S. The molecule has 2 rings (SSSR count). The van der Waals surface area contributed by atoms with E-state index < -0.39 is 10.0 Å². The normalized spacial score (nSPS) is 10.7. The molecule has 25 heavy (non-hydrogen) atoms. The molecule has 0 bridgehead atoms. The molecule has 2 aromatic carbocycles. The van der Waals surface area contributed by atoms with Crippen LogP contribution in [0.4, 0.5) is 5.69 Å². The summed E-state index contributed by atoms with van der Waals surface area (Å²) in [4.78, 5) is 11.9. The summed E-state index contributed by atoms with van der Waals surface area (Å²) in [7, 11) is -3.50. The highest BCUT2D eigenvalue weighted by Gasteiger charge is 2.17. The number of carbonyl (C=O) groups excluding carboxylic acids is 1. The van der Waals surface area contributed by atoms with Gasteiger partial charge in [0.1, 0.15) is 0 Å². The molecule has 0 aliphatic carbocycles. The molecule has 2 aromatic rings. The SMILES string of the molecule is CS(=O)(=O)N(CCNC(=O)Cc1ccccc1)c1ccc(C#N)cc1. The summed E-state index contributed by atoms with van der Waals surface area (Å²) in [6.07, 6.45) is 1.35. The van der Waals surface area contributed by atoms with Gasteiger partial charge >= 0.3 is 0 Å². The van der Waals surface area contributed by atoms with E-state index in [2.05, 4.69) is 5.32 Å². The van der Waals surface area contributed by atoms with Crippen LogP contribution in [0.1, 0.15) is 11.1 Å². The second kappa shape index (κ2) is 8.31. The number of amides is 1. The first-order chi connectivity index (χ1) is 11.9. The van der Waals surface area contributed by atoms with Gasteiger partial charge in [-0.2, -0.15) is 5.26 Å². The van der Waals surface area contributed by atoms with E-state index in [1.807, 2.05) is 36.4 Å². The van der Waals surface area contributed by atoms with E-state index in [0.29, 0.717) is 11.3 Å². The highest BCUT2D eigenvalue weighted by atomic mass is 32.2. The Hall–Kier alpha value is -2.85. The van der Waals surface area contributed by atoms with Crippen LogP contribution in [0.25, 0.3) is 0 Å². The van der Waals surface area contributed by atoms with Crippen molar-refractivity contribution in [3.8, 4) is 6.07 Å². The zero-order valence-electron chi connectivity index (χ0n) is 13.8. The van der Waals surface area contributed by atoms with Gasteiger partial charge in [0.15, 0.2) is 0 Å². The van der Waals surface area contributed by atoms with E-state index in [4.69, 9.17) is 5.26 Å². The molecule has 0 saturated carbocycles. The number of anilines is 1. The highest BCUT2D eigenvalue weighted by molar-refractivity contribution is 7.92. The maximum atomic E-state index is 12.0. The summed E-state index contributed by atoms with van der Waals surface area (Å²) >= 11 is 0. The largest absolute Gasteiger partial charge is 0.354 e. The molecule has 130 valence electrons. The summed E-state index contributed by atoms with van der Waals surface area (Å²) < 4.78 is 25.2. The molecule has 0 heterocycles. The van der Waals surface area contributed by atoms with Gasteiger partial charge in [-0.25, -0.2) is 8.42 Å². The Bertz CT molecular complexity index is 857. The zero-order valence-corrected chi connectivity index (χ0v) is 14.7. The lowest BCUT2D eigenvalue weighted by Gasteiger charge is -2.22. The van der Waals surface area contributed by atoms with Crippen LogP contribution in [-0.2, 0) is 21.2 Å². The van der Waals surface area contributed by atoms with Gasteiger partial charge in [-0.05, 0) is 29.8 Å². The van der Waals surface area contributed by atoms with Crippen LogP contribution >= 0.6 is 0 Å². The molecule has 1 N–H and O–H groups in total. The van der Waals surface area contributed by atoms with Crippen molar-refractivity contribution in [1.82, 2.24) is 5.32 Å². The Labute approximate surface area is 147 Å². The van der Waals surface area contributed by atoms with E-state index in [1.54, 1.807) is 24.3 Å². The molecule has 6 nitrogen and oxygen atoms in total. The number of nitrogens with one attached hydrogen (secondary N) is 1. The molecule has 0 atom stereocenters. The number of nitrogens with zero attached hydrogens (tertiary/aromatic N) is 2. The van der Waals surface area contributed by atoms with Gasteiger partial charge in [0, 0.05) is 6.54 Å². The van der Waals surface area contributed by atoms with Crippen LogP contribution in [0, 0.1) is 11.3 Å². The van der Waals surface area contributed by atoms with Crippen LogP contribution in [0.5, 0.6) is 0 Å². The third kappa shape index (κ3) is 5.62. The first kappa shape index (κ1) is 18.5. The summed E-state index contributed by atoms with van der Waals surface area (Å²) in [5.74, 6) is -0.167. The number of hydrogen-bond acceptors (Lipinski definition) is 4. The first-order valence-corrected chi connectivity index (χ1v) is 9.53. The van der Waals surface area contributed by atoms with Crippen LogP contribution in [0.3, 0.4) is 0 Å².